The molecule has 1 heterocycles. The lowest BCUT2D eigenvalue weighted by Gasteiger charge is -2.31. The maximum atomic E-state index is 13.3. The molecule has 4 nitrogen and oxygen atoms in total. The van der Waals surface area contributed by atoms with E-state index in [9.17, 15) is 14.0 Å². The van der Waals surface area contributed by atoms with Crippen LogP contribution in [0.2, 0.25) is 0 Å². The summed E-state index contributed by atoms with van der Waals surface area (Å²) >= 11 is 0. The van der Waals surface area contributed by atoms with Crippen LogP contribution in [0.25, 0.3) is 0 Å². The van der Waals surface area contributed by atoms with Crippen LogP contribution in [0.1, 0.15) is 28.8 Å². The van der Waals surface area contributed by atoms with Crippen LogP contribution in [0.3, 0.4) is 0 Å². The Morgan fingerprint density at radius 1 is 1.30 bits per heavy atom. The van der Waals surface area contributed by atoms with Gasteiger partial charge in [0.1, 0.15) is 5.82 Å². The van der Waals surface area contributed by atoms with Gasteiger partial charge in [-0.1, -0.05) is 6.07 Å². The molecule has 1 aromatic rings. The van der Waals surface area contributed by atoms with Gasteiger partial charge in [0, 0.05) is 18.7 Å². The molecule has 1 fully saturated rings. The number of piperidine rings is 1. The normalized spacial score (nSPS) is 16.1. The maximum Gasteiger partial charge on any atom is 0.308 e. The predicted octanol–water partition coefficient (Wildman–Crippen LogP) is 2.16. The fourth-order valence-electron chi connectivity index (χ4n) is 2.48. The summed E-state index contributed by atoms with van der Waals surface area (Å²) in [5.74, 6) is -0.953. The van der Waals surface area contributed by atoms with Crippen molar-refractivity contribution in [2.45, 2.75) is 19.8 Å². The second-order valence-corrected chi connectivity index (χ2v) is 5.05. The van der Waals surface area contributed by atoms with Gasteiger partial charge >= 0.3 is 5.97 Å². The van der Waals surface area contributed by atoms with E-state index in [2.05, 4.69) is 0 Å². The maximum absolute atomic E-state index is 13.3. The van der Waals surface area contributed by atoms with Crippen molar-refractivity contribution in [3.63, 3.8) is 0 Å². The van der Waals surface area contributed by atoms with E-state index in [1.54, 1.807) is 17.9 Å². The van der Waals surface area contributed by atoms with Crippen LogP contribution in [0.15, 0.2) is 18.2 Å². The van der Waals surface area contributed by atoms with Crippen LogP contribution in [0, 0.1) is 18.7 Å². The third-order valence-electron chi connectivity index (χ3n) is 3.75. The molecule has 1 amide bonds. The number of hydrogen-bond donors (Lipinski definition) is 0. The van der Waals surface area contributed by atoms with Crippen molar-refractivity contribution >= 4 is 11.9 Å². The number of carbonyl (C=O) groups excluding carboxylic acids is 2. The van der Waals surface area contributed by atoms with Crippen molar-refractivity contribution < 1.29 is 18.7 Å². The minimum atomic E-state index is -0.414. The van der Waals surface area contributed by atoms with Crippen LogP contribution in [-0.2, 0) is 9.53 Å². The Morgan fingerprint density at radius 2 is 1.95 bits per heavy atom. The van der Waals surface area contributed by atoms with Crippen molar-refractivity contribution in [3.8, 4) is 0 Å². The molecule has 1 aliphatic rings. The third-order valence-corrected chi connectivity index (χ3v) is 3.75. The number of methoxy groups -OCH3 is 1. The average Bonchev–Trinajstić information content (AvgIpc) is 2.48. The van der Waals surface area contributed by atoms with E-state index in [1.165, 1.54) is 19.2 Å². The first-order valence-electron chi connectivity index (χ1n) is 6.66. The predicted molar refractivity (Wildman–Crippen MR) is 71.8 cm³/mol. The lowest BCUT2D eigenvalue weighted by atomic mass is 9.96. The molecule has 0 radical (unpaired) electrons. The Bertz CT molecular complexity index is 522. The van der Waals surface area contributed by atoms with E-state index >= 15 is 0 Å². The zero-order valence-corrected chi connectivity index (χ0v) is 11.7. The molecule has 5 heteroatoms. The molecule has 0 atom stereocenters. The van der Waals surface area contributed by atoms with Crippen molar-refractivity contribution in [3.05, 3.63) is 35.1 Å². The standard InChI is InChI=1S/C15H18FNO3/c1-10-3-4-12(16)9-13(10)14(18)17-7-5-11(6-8-17)15(19)20-2/h3-4,9,11H,5-8H2,1-2H3. The van der Waals surface area contributed by atoms with Crippen molar-refractivity contribution in [2.75, 3.05) is 20.2 Å². The van der Waals surface area contributed by atoms with Crippen molar-refractivity contribution in [2.24, 2.45) is 5.92 Å². The van der Waals surface area contributed by atoms with E-state index < -0.39 is 5.82 Å². The molecule has 0 aliphatic carbocycles. The van der Waals surface area contributed by atoms with Gasteiger partial charge < -0.3 is 9.64 Å². The first-order valence-corrected chi connectivity index (χ1v) is 6.66. The lowest BCUT2D eigenvalue weighted by Crippen LogP contribution is -2.40. The van der Waals surface area contributed by atoms with Crippen LogP contribution >= 0.6 is 0 Å². The summed E-state index contributed by atoms with van der Waals surface area (Å²) in [4.78, 5) is 25.5. The molecule has 108 valence electrons. The van der Waals surface area contributed by atoms with Crippen LogP contribution < -0.4 is 0 Å². The largest absolute Gasteiger partial charge is 0.469 e. The number of hydrogen-bond acceptors (Lipinski definition) is 3. The molecule has 0 bridgehead atoms. The van der Waals surface area contributed by atoms with Gasteiger partial charge in [0.05, 0.1) is 13.0 Å². The SMILES string of the molecule is COC(=O)C1CCN(C(=O)c2cc(F)ccc2C)CC1. The highest BCUT2D eigenvalue weighted by Gasteiger charge is 2.28. The quantitative estimate of drug-likeness (QED) is 0.779. The Hall–Kier alpha value is -1.91. The molecule has 0 unspecified atom stereocenters. The van der Waals surface area contributed by atoms with Crippen molar-refractivity contribution in [1.82, 2.24) is 4.90 Å². The number of benzene rings is 1. The van der Waals surface area contributed by atoms with Gasteiger partial charge in [-0.25, -0.2) is 4.39 Å². The molecule has 2 rings (SSSR count). The van der Waals surface area contributed by atoms with Gasteiger partial charge in [-0.2, -0.15) is 0 Å². The summed E-state index contributed by atoms with van der Waals surface area (Å²) in [6.45, 7) is 2.77. The van der Waals surface area contributed by atoms with Gasteiger partial charge in [0.15, 0.2) is 0 Å². The summed E-state index contributed by atoms with van der Waals surface area (Å²) in [7, 11) is 1.37. The third kappa shape index (κ3) is 2.98. The van der Waals surface area contributed by atoms with Crippen LogP contribution in [-0.4, -0.2) is 37.0 Å². The van der Waals surface area contributed by atoms with Crippen LogP contribution in [0.5, 0.6) is 0 Å². The number of likely N-dealkylation sites (tertiary alicyclic amines) is 1. The molecule has 1 aliphatic heterocycles. The van der Waals surface area contributed by atoms with Gasteiger partial charge in [0.2, 0.25) is 0 Å². The minimum absolute atomic E-state index is 0.141. The monoisotopic (exact) mass is 279 g/mol. The second kappa shape index (κ2) is 6.03. The Balaban J connectivity index is 2.05. The Kier molecular flexibility index (Phi) is 4.37. The molecule has 0 saturated carbocycles. The summed E-state index contributed by atoms with van der Waals surface area (Å²) in [6.07, 6.45) is 1.18. The number of amides is 1. The number of esters is 1. The number of aryl methyl sites for hydroxylation is 1. The van der Waals surface area contributed by atoms with Crippen LogP contribution in [0.4, 0.5) is 4.39 Å². The topological polar surface area (TPSA) is 46.6 Å². The zero-order valence-electron chi connectivity index (χ0n) is 11.7. The van der Waals surface area contributed by atoms with E-state index in [4.69, 9.17) is 4.74 Å². The number of carbonyl (C=O) groups is 2. The van der Waals surface area contributed by atoms with Crippen molar-refractivity contribution in [1.29, 1.82) is 0 Å². The molecule has 1 saturated heterocycles. The number of ether oxygens (including phenoxy) is 1. The van der Waals surface area contributed by atoms with Gasteiger partial charge in [-0.15, -0.1) is 0 Å². The molecule has 0 spiro atoms. The molecule has 0 aromatic heterocycles. The van der Waals surface area contributed by atoms with Gasteiger partial charge in [-0.05, 0) is 37.5 Å². The second-order valence-electron chi connectivity index (χ2n) is 5.05. The Labute approximate surface area is 117 Å². The zero-order chi connectivity index (χ0) is 14.7. The summed E-state index contributed by atoms with van der Waals surface area (Å²) < 4.78 is 18.0. The summed E-state index contributed by atoms with van der Waals surface area (Å²) in [6, 6.07) is 4.21. The van der Waals surface area contributed by atoms with E-state index in [0.717, 1.165) is 5.56 Å². The Morgan fingerprint density at radius 3 is 2.55 bits per heavy atom. The number of nitrogens with zero attached hydrogens (tertiary/aromatic N) is 1. The number of halogens is 1. The first kappa shape index (κ1) is 14.5. The van der Waals surface area contributed by atoms with E-state index in [0.29, 0.717) is 31.5 Å². The highest BCUT2D eigenvalue weighted by molar-refractivity contribution is 5.95. The molecule has 1 aromatic carbocycles. The molecule has 0 N–H and O–H groups in total. The van der Waals surface area contributed by atoms with Gasteiger partial charge in [0.25, 0.3) is 5.91 Å². The first-order chi connectivity index (χ1) is 9.52. The lowest BCUT2D eigenvalue weighted by molar-refractivity contribution is -0.146. The van der Waals surface area contributed by atoms with E-state index in [1.807, 2.05) is 0 Å². The minimum Gasteiger partial charge on any atom is -0.469 e. The average molecular weight is 279 g/mol. The highest BCUT2D eigenvalue weighted by atomic mass is 19.1. The fourth-order valence-corrected chi connectivity index (χ4v) is 2.48. The van der Waals surface area contributed by atoms with E-state index in [-0.39, 0.29) is 17.8 Å². The highest BCUT2D eigenvalue weighted by Crippen LogP contribution is 2.21. The smallest absolute Gasteiger partial charge is 0.308 e. The number of rotatable bonds is 2. The fraction of sp³-hybridized carbons (Fsp3) is 0.467. The molecular formula is C15H18FNO3. The van der Waals surface area contributed by atoms with Gasteiger partial charge in [-0.3, -0.25) is 9.59 Å². The summed E-state index contributed by atoms with van der Waals surface area (Å²) in [5.41, 5.74) is 1.15. The molecular weight excluding hydrogens is 261 g/mol. The summed E-state index contributed by atoms with van der Waals surface area (Å²) in [5, 5.41) is 0. The molecule has 20 heavy (non-hydrogen) atoms.